The highest BCUT2D eigenvalue weighted by Crippen LogP contribution is 2.20. The molecular weight excluding hydrogens is 288 g/mol. The van der Waals surface area contributed by atoms with Crippen molar-refractivity contribution in [1.29, 1.82) is 0 Å². The average Bonchev–Trinajstić information content (AvgIpc) is 2.98. The number of aromatic nitrogens is 2. The van der Waals surface area contributed by atoms with Crippen LogP contribution in [-0.2, 0) is 6.54 Å². The lowest BCUT2D eigenvalue weighted by molar-refractivity contribution is 0.0957. The molecule has 5 nitrogen and oxygen atoms in total. The molecule has 0 aliphatic carbocycles. The number of carbonyl (C=O) groups excluding carboxylic acids is 1. The number of benzene rings is 1. The van der Waals surface area contributed by atoms with Crippen LogP contribution in [0, 0.1) is 0 Å². The van der Waals surface area contributed by atoms with Crippen molar-refractivity contribution < 1.29 is 4.79 Å². The Balaban J connectivity index is 2.30. The van der Waals surface area contributed by atoms with Crippen LogP contribution in [0.15, 0.2) is 30.5 Å². The summed E-state index contributed by atoms with van der Waals surface area (Å²) in [5, 5.41) is 10.9. The quantitative estimate of drug-likeness (QED) is 0.806. The Kier molecular flexibility index (Phi) is 5.36. The molecule has 1 heterocycles. The summed E-state index contributed by atoms with van der Waals surface area (Å²) >= 11 is 6.08. The fourth-order valence-electron chi connectivity index (χ4n) is 2.01. The Bertz CT molecular complexity index is 624. The molecule has 0 radical (unpaired) electrons. The molecule has 21 heavy (non-hydrogen) atoms. The van der Waals surface area contributed by atoms with E-state index in [1.54, 1.807) is 24.0 Å². The molecule has 0 saturated carbocycles. The number of halogens is 1. The maximum absolute atomic E-state index is 11.6. The van der Waals surface area contributed by atoms with E-state index >= 15 is 0 Å². The normalized spacial score (nSPS) is 10.6. The van der Waals surface area contributed by atoms with Crippen molar-refractivity contribution in [3.63, 3.8) is 0 Å². The van der Waals surface area contributed by atoms with E-state index in [9.17, 15) is 4.79 Å². The lowest BCUT2D eigenvalue weighted by Gasteiger charge is -2.11. The summed E-state index contributed by atoms with van der Waals surface area (Å²) in [5.41, 5.74) is 2.34. The van der Waals surface area contributed by atoms with Gasteiger partial charge in [0, 0.05) is 24.8 Å². The van der Waals surface area contributed by atoms with Crippen molar-refractivity contribution >= 4 is 17.5 Å². The molecule has 1 aromatic carbocycles. The zero-order valence-electron chi connectivity index (χ0n) is 12.2. The standard InChI is InChI=1S/C15H19ClN4O/c1-3-7-18-10-11-4-5-12(16)9-14(11)20-8-6-13(19-20)15(21)17-2/h4-6,8-9,18H,3,7,10H2,1-2H3,(H,17,21). The molecule has 112 valence electrons. The van der Waals surface area contributed by atoms with Gasteiger partial charge in [-0.3, -0.25) is 4.79 Å². The Morgan fingerprint density at radius 2 is 2.19 bits per heavy atom. The summed E-state index contributed by atoms with van der Waals surface area (Å²) in [6.45, 7) is 3.80. The lowest BCUT2D eigenvalue weighted by Crippen LogP contribution is -2.19. The molecule has 0 bridgehead atoms. The van der Waals surface area contributed by atoms with Crippen molar-refractivity contribution in [3.05, 3.63) is 46.7 Å². The van der Waals surface area contributed by atoms with Gasteiger partial charge in [0.15, 0.2) is 5.69 Å². The first-order chi connectivity index (χ1) is 10.2. The molecule has 1 aromatic heterocycles. The Morgan fingerprint density at radius 1 is 1.38 bits per heavy atom. The van der Waals surface area contributed by atoms with Crippen LogP contribution in [0.3, 0.4) is 0 Å². The maximum atomic E-state index is 11.6. The molecule has 0 aliphatic heterocycles. The van der Waals surface area contributed by atoms with Crippen LogP contribution < -0.4 is 10.6 Å². The third-order valence-electron chi connectivity index (χ3n) is 3.09. The summed E-state index contributed by atoms with van der Waals surface area (Å²) < 4.78 is 1.68. The molecule has 0 unspecified atom stereocenters. The second-order valence-corrected chi connectivity index (χ2v) is 5.11. The fourth-order valence-corrected chi connectivity index (χ4v) is 2.17. The van der Waals surface area contributed by atoms with E-state index in [1.165, 1.54) is 0 Å². The van der Waals surface area contributed by atoms with Crippen molar-refractivity contribution in [2.24, 2.45) is 0 Å². The molecule has 1 amide bonds. The van der Waals surface area contributed by atoms with E-state index in [4.69, 9.17) is 11.6 Å². The smallest absolute Gasteiger partial charge is 0.271 e. The summed E-state index contributed by atoms with van der Waals surface area (Å²) in [6, 6.07) is 7.37. The van der Waals surface area contributed by atoms with Gasteiger partial charge in [-0.05, 0) is 36.7 Å². The zero-order chi connectivity index (χ0) is 15.2. The van der Waals surface area contributed by atoms with Crippen molar-refractivity contribution in [3.8, 4) is 5.69 Å². The Labute approximate surface area is 129 Å². The molecule has 0 saturated heterocycles. The van der Waals surface area contributed by atoms with Gasteiger partial charge in [-0.1, -0.05) is 24.6 Å². The molecule has 2 rings (SSSR count). The van der Waals surface area contributed by atoms with Gasteiger partial charge in [0.2, 0.25) is 0 Å². The lowest BCUT2D eigenvalue weighted by atomic mass is 10.1. The second kappa shape index (κ2) is 7.24. The van der Waals surface area contributed by atoms with Gasteiger partial charge >= 0.3 is 0 Å². The number of carbonyl (C=O) groups is 1. The SMILES string of the molecule is CCCNCc1ccc(Cl)cc1-n1ccc(C(=O)NC)n1. The van der Waals surface area contributed by atoms with E-state index in [2.05, 4.69) is 22.7 Å². The predicted molar refractivity (Wildman–Crippen MR) is 84.0 cm³/mol. The maximum Gasteiger partial charge on any atom is 0.271 e. The van der Waals surface area contributed by atoms with Crippen molar-refractivity contribution in [1.82, 2.24) is 20.4 Å². The fraction of sp³-hybridized carbons (Fsp3) is 0.333. The van der Waals surface area contributed by atoms with Crippen LogP contribution in [0.25, 0.3) is 5.69 Å². The third-order valence-corrected chi connectivity index (χ3v) is 3.32. The predicted octanol–water partition coefficient (Wildman–Crippen LogP) is 2.38. The minimum Gasteiger partial charge on any atom is -0.354 e. The highest BCUT2D eigenvalue weighted by Gasteiger charge is 2.11. The summed E-state index contributed by atoms with van der Waals surface area (Å²) in [5.74, 6) is -0.207. The molecular formula is C15H19ClN4O. The third kappa shape index (κ3) is 3.83. The number of amides is 1. The molecule has 2 N–H and O–H groups in total. The van der Waals surface area contributed by atoms with Crippen LogP contribution in [0.4, 0.5) is 0 Å². The summed E-state index contributed by atoms with van der Waals surface area (Å²) in [6.07, 6.45) is 2.84. The number of nitrogens with one attached hydrogen (secondary N) is 2. The van der Waals surface area contributed by atoms with Crippen LogP contribution in [0.5, 0.6) is 0 Å². The molecule has 0 atom stereocenters. The van der Waals surface area contributed by atoms with Gasteiger partial charge in [-0.25, -0.2) is 4.68 Å². The summed E-state index contributed by atoms with van der Waals surface area (Å²) in [4.78, 5) is 11.6. The van der Waals surface area contributed by atoms with E-state index in [1.807, 2.05) is 18.2 Å². The first-order valence-electron chi connectivity index (χ1n) is 6.93. The van der Waals surface area contributed by atoms with Gasteiger partial charge in [0.25, 0.3) is 5.91 Å². The first-order valence-corrected chi connectivity index (χ1v) is 7.30. The monoisotopic (exact) mass is 306 g/mol. The molecule has 0 spiro atoms. The van der Waals surface area contributed by atoms with Crippen molar-refractivity contribution in [2.45, 2.75) is 19.9 Å². The second-order valence-electron chi connectivity index (χ2n) is 4.67. The number of hydrogen-bond acceptors (Lipinski definition) is 3. The van der Waals surface area contributed by atoms with Crippen molar-refractivity contribution in [2.75, 3.05) is 13.6 Å². The Morgan fingerprint density at radius 3 is 2.90 bits per heavy atom. The molecule has 6 heteroatoms. The van der Waals surface area contributed by atoms with Gasteiger partial charge in [0.1, 0.15) is 0 Å². The topological polar surface area (TPSA) is 59.0 Å². The van der Waals surface area contributed by atoms with Crippen LogP contribution >= 0.6 is 11.6 Å². The van der Waals surface area contributed by atoms with E-state index in [0.717, 1.165) is 30.8 Å². The Hall–Kier alpha value is -1.85. The van der Waals surface area contributed by atoms with Gasteiger partial charge < -0.3 is 10.6 Å². The van der Waals surface area contributed by atoms with Gasteiger partial charge in [-0.15, -0.1) is 0 Å². The molecule has 0 fully saturated rings. The van der Waals surface area contributed by atoms with Crippen LogP contribution in [0.2, 0.25) is 5.02 Å². The first kappa shape index (κ1) is 15.5. The summed E-state index contributed by atoms with van der Waals surface area (Å²) in [7, 11) is 1.58. The van der Waals surface area contributed by atoms with Gasteiger partial charge in [0.05, 0.1) is 5.69 Å². The van der Waals surface area contributed by atoms with E-state index in [0.29, 0.717) is 10.7 Å². The van der Waals surface area contributed by atoms with Gasteiger partial charge in [-0.2, -0.15) is 5.10 Å². The van der Waals surface area contributed by atoms with Crippen LogP contribution in [-0.4, -0.2) is 29.3 Å². The number of rotatable bonds is 6. The minimum absolute atomic E-state index is 0.207. The molecule has 0 aliphatic rings. The largest absolute Gasteiger partial charge is 0.354 e. The molecule has 2 aromatic rings. The highest BCUT2D eigenvalue weighted by atomic mass is 35.5. The van der Waals surface area contributed by atoms with Crippen LogP contribution in [0.1, 0.15) is 29.4 Å². The van der Waals surface area contributed by atoms with E-state index < -0.39 is 0 Å². The number of hydrogen-bond donors (Lipinski definition) is 2. The average molecular weight is 307 g/mol. The zero-order valence-corrected chi connectivity index (χ0v) is 12.9. The highest BCUT2D eigenvalue weighted by molar-refractivity contribution is 6.30. The minimum atomic E-state index is -0.207. The number of nitrogens with zero attached hydrogens (tertiary/aromatic N) is 2. The van der Waals surface area contributed by atoms with E-state index in [-0.39, 0.29) is 5.91 Å².